The molecule has 1 N–H and O–H groups in total. The first-order valence-corrected chi connectivity index (χ1v) is 15.8. The van der Waals surface area contributed by atoms with Crippen LogP contribution in [0, 0.1) is 0 Å². The zero-order valence-corrected chi connectivity index (χ0v) is 21.7. The minimum atomic E-state index is -3.80. The number of fused-ring (bicyclic) bond motifs is 3. The Hall–Kier alpha value is -2.68. The molecule has 1 atom stereocenters. The summed E-state index contributed by atoms with van der Waals surface area (Å²) in [6.07, 6.45) is 3.93. The molecule has 3 aromatic rings. The van der Waals surface area contributed by atoms with Crippen LogP contribution in [0.15, 0.2) is 70.5 Å². The van der Waals surface area contributed by atoms with Gasteiger partial charge < -0.3 is 10.2 Å². The maximum atomic E-state index is 13.4. The van der Waals surface area contributed by atoms with Gasteiger partial charge in [0.25, 0.3) is 0 Å². The molecule has 0 aliphatic carbocycles. The summed E-state index contributed by atoms with van der Waals surface area (Å²) in [5.74, 6) is -0.416. The van der Waals surface area contributed by atoms with Crippen LogP contribution in [0.5, 0.6) is 0 Å². The van der Waals surface area contributed by atoms with Gasteiger partial charge in [0.15, 0.2) is 19.7 Å². The van der Waals surface area contributed by atoms with Crippen molar-refractivity contribution >= 4 is 25.4 Å². The lowest BCUT2D eigenvalue weighted by atomic mass is 9.99. The van der Waals surface area contributed by atoms with Crippen LogP contribution in [0.3, 0.4) is 0 Å². The van der Waals surface area contributed by atoms with Gasteiger partial charge >= 0.3 is 0 Å². The van der Waals surface area contributed by atoms with E-state index in [4.69, 9.17) is 0 Å². The zero-order valence-electron chi connectivity index (χ0n) is 20.1. The Labute approximate surface area is 213 Å². The largest absolute Gasteiger partial charge is 0.371 e. The summed E-state index contributed by atoms with van der Waals surface area (Å²) >= 11 is 0. The quantitative estimate of drug-likeness (QED) is 0.554. The Bertz CT molecular complexity index is 1550. The molecule has 3 aliphatic heterocycles. The molecular formula is C28H30N2O4S2. The van der Waals surface area contributed by atoms with E-state index in [-0.39, 0.29) is 9.79 Å². The Morgan fingerprint density at radius 1 is 0.750 bits per heavy atom. The van der Waals surface area contributed by atoms with Crippen LogP contribution in [0.1, 0.15) is 39.5 Å². The first kappa shape index (κ1) is 23.7. The molecule has 0 fully saturated rings. The third-order valence-corrected chi connectivity index (χ3v) is 12.1. The predicted molar refractivity (Wildman–Crippen MR) is 141 cm³/mol. The second-order valence-electron chi connectivity index (χ2n) is 10.0. The van der Waals surface area contributed by atoms with Crippen LogP contribution < -0.4 is 10.2 Å². The van der Waals surface area contributed by atoms with Gasteiger partial charge in [0, 0.05) is 25.3 Å². The van der Waals surface area contributed by atoms with Crippen molar-refractivity contribution < 1.29 is 16.8 Å². The van der Waals surface area contributed by atoms with Gasteiger partial charge in [-0.1, -0.05) is 36.4 Å². The van der Waals surface area contributed by atoms with Crippen molar-refractivity contribution in [2.75, 3.05) is 30.3 Å². The summed E-state index contributed by atoms with van der Waals surface area (Å²) in [6, 6.07) is 18.5. The van der Waals surface area contributed by atoms with Gasteiger partial charge in [0.2, 0.25) is 0 Å². The van der Waals surface area contributed by atoms with Gasteiger partial charge in [-0.25, -0.2) is 16.8 Å². The first-order valence-electron chi connectivity index (χ1n) is 12.6. The van der Waals surface area contributed by atoms with Crippen LogP contribution in [0.2, 0.25) is 0 Å². The van der Waals surface area contributed by atoms with Gasteiger partial charge in [0.1, 0.15) is 5.25 Å². The molecule has 0 spiro atoms. The third kappa shape index (κ3) is 4.15. The lowest BCUT2D eigenvalue weighted by Gasteiger charge is -2.25. The van der Waals surface area contributed by atoms with Gasteiger partial charge in [-0.05, 0) is 84.3 Å². The Kier molecular flexibility index (Phi) is 5.93. The summed E-state index contributed by atoms with van der Waals surface area (Å²) in [4.78, 5) is 2.24. The van der Waals surface area contributed by atoms with Crippen molar-refractivity contribution in [1.29, 1.82) is 0 Å². The Morgan fingerprint density at radius 2 is 1.47 bits per heavy atom. The van der Waals surface area contributed by atoms with Crippen LogP contribution in [0.4, 0.5) is 5.69 Å². The number of sulfone groups is 2. The number of hydrogen-bond donors (Lipinski definition) is 1. The molecule has 1 unspecified atom stereocenters. The summed E-state index contributed by atoms with van der Waals surface area (Å²) in [6.45, 7) is 3.68. The van der Waals surface area contributed by atoms with Crippen molar-refractivity contribution in [1.82, 2.24) is 5.32 Å². The SMILES string of the molecule is O=S1(=O)CC(c2ccc3c(c2)CCN(c2ccc4c(c2)CNCCC4)CC3)S(=O)(=O)c2ccccc21. The monoisotopic (exact) mass is 522 g/mol. The van der Waals surface area contributed by atoms with E-state index in [1.807, 2.05) is 18.2 Å². The van der Waals surface area contributed by atoms with E-state index < -0.39 is 30.7 Å². The van der Waals surface area contributed by atoms with E-state index in [1.54, 1.807) is 12.1 Å². The molecule has 0 aromatic heterocycles. The Morgan fingerprint density at radius 3 is 2.31 bits per heavy atom. The minimum absolute atomic E-state index is 0.0809. The molecule has 188 valence electrons. The van der Waals surface area contributed by atoms with E-state index in [0.717, 1.165) is 57.4 Å². The summed E-state index contributed by atoms with van der Waals surface area (Å²) in [5.41, 5.74) is 6.90. The van der Waals surface area contributed by atoms with Gasteiger partial charge in [-0.15, -0.1) is 0 Å². The van der Waals surface area contributed by atoms with Gasteiger partial charge in [-0.3, -0.25) is 0 Å². The zero-order chi connectivity index (χ0) is 24.9. The van der Waals surface area contributed by atoms with Crippen LogP contribution in [-0.4, -0.2) is 42.2 Å². The minimum Gasteiger partial charge on any atom is -0.371 e. The van der Waals surface area contributed by atoms with Crippen LogP contribution >= 0.6 is 0 Å². The van der Waals surface area contributed by atoms with E-state index in [9.17, 15) is 16.8 Å². The maximum absolute atomic E-state index is 13.4. The van der Waals surface area contributed by atoms with Crippen molar-refractivity contribution in [2.45, 2.75) is 47.3 Å². The molecule has 3 aliphatic rings. The molecular weight excluding hydrogens is 492 g/mol. The molecule has 0 saturated heterocycles. The topological polar surface area (TPSA) is 83.6 Å². The second kappa shape index (κ2) is 9.01. The fourth-order valence-corrected chi connectivity index (χ4v) is 10.6. The van der Waals surface area contributed by atoms with Gasteiger partial charge in [-0.2, -0.15) is 0 Å². The number of rotatable bonds is 2. The fourth-order valence-electron chi connectivity index (χ4n) is 5.80. The molecule has 0 radical (unpaired) electrons. The van der Waals surface area contributed by atoms with Crippen molar-refractivity contribution in [2.24, 2.45) is 0 Å². The highest BCUT2D eigenvalue weighted by molar-refractivity contribution is 7.98. The number of anilines is 1. The highest BCUT2D eigenvalue weighted by atomic mass is 32.2. The maximum Gasteiger partial charge on any atom is 0.187 e. The molecule has 3 heterocycles. The Balaban J connectivity index is 1.28. The van der Waals surface area contributed by atoms with Crippen LogP contribution in [-0.2, 0) is 45.5 Å². The highest BCUT2D eigenvalue weighted by Gasteiger charge is 2.42. The molecule has 6 rings (SSSR count). The predicted octanol–water partition coefficient (Wildman–Crippen LogP) is 3.63. The average Bonchev–Trinajstić information content (AvgIpc) is 3.24. The number of hydrogen-bond acceptors (Lipinski definition) is 6. The molecule has 0 bridgehead atoms. The molecule has 6 nitrogen and oxygen atoms in total. The van der Waals surface area contributed by atoms with Crippen molar-refractivity contribution in [3.63, 3.8) is 0 Å². The smallest absolute Gasteiger partial charge is 0.187 e. The number of nitrogens with one attached hydrogen (secondary N) is 1. The average molecular weight is 523 g/mol. The number of aryl methyl sites for hydroxylation is 1. The van der Waals surface area contributed by atoms with E-state index in [1.165, 1.54) is 34.5 Å². The van der Waals surface area contributed by atoms with Crippen molar-refractivity contribution in [3.05, 3.63) is 88.5 Å². The molecule has 8 heteroatoms. The fraction of sp³-hybridized carbons (Fsp3) is 0.357. The van der Waals surface area contributed by atoms with E-state index in [0.29, 0.717) is 5.56 Å². The summed E-state index contributed by atoms with van der Waals surface area (Å²) < 4.78 is 52.7. The van der Waals surface area contributed by atoms with Gasteiger partial charge in [0.05, 0.1) is 15.5 Å². The normalized spacial score (nSPS) is 22.4. The van der Waals surface area contributed by atoms with E-state index >= 15 is 0 Å². The first-order chi connectivity index (χ1) is 17.3. The summed E-state index contributed by atoms with van der Waals surface area (Å²) in [7, 11) is -7.49. The lowest BCUT2D eigenvalue weighted by Crippen LogP contribution is -2.29. The molecule has 36 heavy (non-hydrogen) atoms. The standard InChI is InChI=1S/C28H30N2O4S2/c31-35(32)19-28(36(33,34)27-6-2-1-5-26(27)35)23-8-7-21-11-14-30(15-12-22(21)16-23)25-10-9-20-4-3-13-29-18-24(20)17-25/h1-2,5-10,16-17,28-29H,3-4,11-15,18-19H2. The number of nitrogens with zero attached hydrogens (tertiary/aromatic N) is 1. The number of benzene rings is 3. The summed E-state index contributed by atoms with van der Waals surface area (Å²) in [5, 5.41) is 2.42. The molecule has 0 saturated carbocycles. The van der Waals surface area contributed by atoms with Crippen LogP contribution in [0.25, 0.3) is 0 Å². The van der Waals surface area contributed by atoms with E-state index in [2.05, 4.69) is 28.4 Å². The molecule has 0 amide bonds. The van der Waals surface area contributed by atoms with Crippen molar-refractivity contribution in [3.8, 4) is 0 Å². The molecule has 3 aromatic carbocycles. The lowest BCUT2D eigenvalue weighted by molar-refractivity contribution is 0.563. The highest BCUT2D eigenvalue weighted by Crippen LogP contribution is 2.40. The second-order valence-corrected chi connectivity index (χ2v) is 14.1. The third-order valence-electron chi connectivity index (χ3n) is 7.81.